The lowest BCUT2D eigenvalue weighted by molar-refractivity contribution is -0.136. The highest BCUT2D eigenvalue weighted by Gasteiger charge is 2.23. The van der Waals surface area contributed by atoms with E-state index in [4.69, 9.17) is 4.74 Å². The second-order valence-corrected chi connectivity index (χ2v) is 8.39. The van der Waals surface area contributed by atoms with Crippen molar-refractivity contribution < 1.29 is 14.7 Å². The van der Waals surface area contributed by atoms with Gasteiger partial charge in [0, 0.05) is 62.6 Å². The van der Waals surface area contributed by atoms with Crippen LogP contribution in [0, 0.1) is 0 Å². The number of pyridine rings is 2. The number of amides is 1. The van der Waals surface area contributed by atoms with Gasteiger partial charge < -0.3 is 19.7 Å². The molecular formula is C24H27N5O4. The maximum Gasteiger partial charge on any atom is 0.285 e. The normalized spacial score (nSPS) is 17.5. The van der Waals surface area contributed by atoms with Crippen molar-refractivity contribution in [3.05, 3.63) is 59.0 Å². The Hall–Kier alpha value is -3.43. The molecule has 0 saturated carbocycles. The van der Waals surface area contributed by atoms with Gasteiger partial charge in [-0.1, -0.05) is 12.1 Å². The molecule has 9 heteroatoms. The maximum atomic E-state index is 12.5. The molecule has 2 saturated heterocycles. The molecule has 0 atom stereocenters. The van der Waals surface area contributed by atoms with Gasteiger partial charge in [0.2, 0.25) is 5.91 Å². The fourth-order valence-electron chi connectivity index (χ4n) is 4.52. The molecule has 3 aromatic rings. The van der Waals surface area contributed by atoms with Crippen LogP contribution < -0.4 is 10.5 Å². The van der Waals surface area contributed by atoms with E-state index in [0.29, 0.717) is 43.0 Å². The number of carbonyl (C=O) groups excluding carboxylic acids is 1. The van der Waals surface area contributed by atoms with Crippen LogP contribution in [-0.4, -0.2) is 89.7 Å². The van der Waals surface area contributed by atoms with E-state index in [-0.39, 0.29) is 11.6 Å². The number of hydrogen-bond acceptors (Lipinski definition) is 7. The van der Waals surface area contributed by atoms with Crippen LogP contribution in [0.2, 0.25) is 0 Å². The molecule has 0 unspecified atom stereocenters. The van der Waals surface area contributed by atoms with Gasteiger partial charge in [-0.3, -0.25) is 14.5 Å². The van der Waals surface area contributed by atoms with Gasteiger partial charge in [0.25, 0.3) is 5.56 Å². The third kappa shape index (κ3) is 4.42. The number of fused-ring (bicyclic) bond motifs is 1. The average Bonchev–Trinajstić information content (AvgIpc) is 2.87. The van der Waals surface area contributed by atoms with Crippen molar-refractivity contribution in [2.24, 2.45) is 0 Å². The Morgan fingerprint density at radius 2 is 1.79 bits per heavy atom. The highest BCUT2D eigenvalue weighted by atomic mass is 16.5. The summed E-state index contributed by atoms with van der Waals surface area (Å²) in [5.41, 5.74) is 2.43. The first-order chi connectivity index (χ1) is 16.1. The van der Waals surface area contributed by atoms with Gasteiger partial charge in [-0.2, -0.15) is 0 Å². The Kier molecular flexibility index (Phi) is 5.97. The zero-order valence-corrected chi connectivity index (χ0v) is 18.4. The van der Waals surface area contributed by atoms with Crippen LogP contribution in [0.5, 0.6) is 0 Å². The highest BCUT2D eigenvalue weighted by Crippen LogP contribution is 2.29. The van der Waals surface area contributed by atoms with E-state index in [2.05, 4.69) is 26.9 Å². The Balaban J connectivity index is 1.30. The van der Waals surface area contributed by atoms with E-state index in [1.54, 1.807) is 12.3 Å². The second-order valence-electron chi connectivity index (χ2n) is 8.39. The summed E-state index contributed by atoms with van der Waals surface area (Å²) in [4.78, 5) is 35.4. The van der Waals surface area contributed by atoms with E-state index in [9.17, 15) is 14.8 Å². The zero-order chi connectivity index (χ0) is 22.8. The second kappa shape index (κ2) is 9.21. The van der Waals surface area contributed by atoms with Gasteiger partial charge in [-0.05, 0) is 35.4 Å². The minimum Gasteiger partial charge on any atom is -0.423 e. The van der Waals surface area contributed by atoms with Gasteiger partial charge in [0.05, 0.1) is 19.8 Å². The Bertz CT molecular complexity index is 1210. The fraction of sp³-hybridized carbons (Fsp3) is 0.375. The summed E-state index contributed by atoms with van der Waals surface area (Å²) in [6, 6.07) is 13.1. The zero-order valence-electron chi connectivity index (χ0n) is 18.4. The van der Waals surface area contributed by atoms with Gasteiger partial charge in [0.1, 0.15) is 0 Å². The van der Waals surface area contributed by atoms with Crippen molar-refractivity contribution in [3.8, 4) is 11.1 Å². The average molecular weight is 450 g/mol. The largest absolute Gasteiger partial charge is 0.423 e. The number of hydrogen-bond donors (Lipinski definition) is 1. The third-order valence-corrected chi connectivity index (χ3v) is 6.37. The molecule has 0 radical (unpaired) electrons. The Labute approximate surface area is 191 Å². The minimum absolute atomic E-state index is 0.174. The maximum absolute atomic E-state index is 12.5. The smallest absolute Gasteiger partial charge is 0.285 e. The molecule has 2 fully saturated rings. The van der Waals surface area contributed by atoms with Gasteiger partial charge in [-0.25, -0.2) is 4.98 Å². The number of anilines is 1. The monoisotopic (exact) mass is 449 g/mol. The van der Waals surface area contributed by atoms with E-state index >= 15 is 0 Å². The summed E-state index contributed by atoms with van der Waals surface area (Å²) in [6.45, 7) is 6.31. The molecule has 2 aromatic heterocycles. The first kappa shape index (κ1) is 21.4. The fourth-order valence-corrected chi connectivity index (χ4v) is 4.52. The topological polar surface area (TPSA) is 91.1 Å². The molecule has 2 aliphatic heterocycles. The van der Waals surface area contributed by atoms with Crippen LogP contribution >= 0.6 is 0 Å². The van der Waals surface area contributed by atoms with Crippen LogP contribution in [0.25, 0.3) is 22.2 Å². The van der Waals surface area contributed by atoms with Crippen molar-refractivity contribution in [2.45, 2.75) is 0 Å². The number of benzene rings is 1. The lowest BCUT2D eigenvalue weighted by atomic mass is 10.0. The molecule has 0 aliphatic carbocycles. The van der Waals surface area contributed by atoms with E-state index in [1.807, 2.05) is 23.1 Å². The summed E-state index contributed by atoms with van der Waals surface area (Å²) in [5.74, 6) is 0.174. The molecule has 0 bridgehead atoms. The summed E-state index contributed by atoms with van der Waals surface area (Å²) in [5, 5.41) is 10.8. The lowest BCUT2D eigenvalue weighted by Gasteiger charge is -2.37. The van der Waals surface area contributed by atoms with Gasteiger partial charge in [0.15, 0.2) is 5.65 Å². The quantitative estimate of drug-likeness (QED) is 0.600. The Morgan fingerprint density at radius 3 is 2.58 bits per heavy atom. The first-order valence-electron chi connectivity index (χ1n) is 11.2. The van der Waals surface area contributed by atoms with E-state index in [0.717, 1.165) is 43.0 Å². The van der Waals surface area contributed by atoms with Crippen molar-refractivity contribution in [1.82, 2.24) is 19.5 Å². The molecule has 2 aliphatic rings. The molecule has 33 heavy (non-hydrogen) atoms. The molecule has 1 aromatic carbocycles. The summed E-state index contributed by atoms with van der Waals surface area (Å²) in [6.07, 6.45) is 1.55. The molecular weight excluding hydrogens is 422 g/mol. The number of ether oxygens (including phenoxy) is 1. The number of morpholine rings is 1. The molecule has 5 rings (SSSR count). The molecule has 172 valence electrons. The molecule has 0 spiro atoms. The number of piperazine rings is 1. The Morgan fingerprint density at radius 1 is 1.00 bits per heavy atom. The first-order valence-corrected chi connectivity index (χ1v) is 11.2. The number of carbonyl (C=O) groups is 1. The van der Waals surface area contributed by atoms with E-state index in [1.165, 1.54) is 6.07 Å². The van der Waals surface area contributed by atoms with Crippen LogP contribution in [0.15, 0.2) is 53.5 Å². The molecule has 1 N–H and O–H groups in total. The predicted octanol–water partition coefficient (Wildman–Crippen LogP) is 1.28. The van der Waals surface area contributed by atoms with Crippen molar-refractivity contribution >= 4 is 22.6 Å². The van der Waals surface area contributed by atoms with Crippen LogP contribution in [-0.2, 0) is 9.53 Å². The SMILES string of the molecule is O=C(CN1CCN(c2cccc(-c3cc(=O)n(O)c4ncccc34)c2)CC1)N1CCOCC1. The number of rotatable bonds is 4. The van der Waals surface area contributed by atoms with Crippen molar-refractivity contribution in [2.75, 3.05) is 63.9 Å². The predicted molar refractivity (Wildman–Crippen MR) is 125 cm³/mol. The minimum atomic E-state index is -0.514. The molecule has 4 heterocycles. The third-order valence-electron chi connectivity index (χ3n) is 6.37. The van der Waals surface area contributed by atoms with Crippen LogP contribution in [0.1, 0.15) is 0 Å². The summed E-state index contributed by atoms with van der Waals surface area (Å²) in [7, 11) is 0. The van der Waals surface area contributed by atoms with Crippen LogP contribution in [0.3, 0.4) is 0 Å². The highest BCUT2D eigenvalue weighted by molar-refractivity contribution is 5.93. The number of nitrogens with zero attached hydrogens (tertiary/aromatic N) is 5. The van der Waals surface area contributed by atoms with Crippen LogP contribution in [0.4, 0.5) is 5.69 Å². The standard InChI is InChI=1S/C24H27N5O4/c30-22-16-21(20-5-2-6-25-24(20)29(22)32)18-3-1-4-19(15-18)27-9-7-26(8-10-27)17-23(31)28-11-13-33-14-12-28/h1-6,15-16,32H,7-14,17H2. The molecule has 1 amide bonds. The molecule has 9 nitrogen and oxygen atoms in total. The summed E-state index contributed by atoms with van der Waals surface area (Å²) >= 11 is 0. The lowest BCUT2D eigenvalue weighted by Crippen LogP contribution is -2.51. The van der Waals surface area contributed by atoms with Gasteiger partial charge in [-0.15, -0.1) is 4.73 Å². The van der Waals surface area contributed by atoms with Gasteiger partial charge >= 0.3 is 0 Å². The number of aromatic nitrogens is 2. The van der Waals surface area contributed by atoms with Crippen molar-refractivity contribution in [1.29, 1.82) is 0 Å². The van der Waals surface area contributed by atoms with E-state index < -0.39 is 5.56 Å². The summed E-state index contributed by atoms with van der Waals surface area (Å²) < 4.78 is 5.92. The van der Waals surface area contributed by atoms with Crippen molar-refractivity contribution in [3.63, 3.8) is 0 Å².